The molecule has 1 unspecified atom stereocenters. The Morgan fingerprint density at radius 1 is 0.667 bits per heavy atom. The third kappa shape index (κ3) is 2.78. The van der Waals surface area contributed by atoms with Crippen molar-refractivity contribution in [1.82, 2.24) is 14.1 Å². The van der Waals surface area contributed by atoms with Crippen LogP contribution < -0.4 is 0 Å². The summed E-state index contributed by atoms with van der Waals surface area (Å²) in [7, 11) is 0. The van der Waals surface area contributed by atoms with E-state index in [1.165, 1.54) is 71.7 Å². The number of para-hydroxylation sites is 3. The van der Waals surface area contributed by atoms with E-state index in [2.05, 4.69) is 143 Å². The molecule has 0 saturated heterocycles. The normalized spacial score (nSPS) is 18.9. The predicted octanol–water partition coefficient (Wildman–Crippen LogP) is 9.38. The summed E-state index contributed by atoms with van der Waals surface area (Å²) in [6.07, 6.45) is 21.7. The van der Waals surface area contributed by atoms with Gasteiger partial charge >= 0.3 is 0 Å². The number of nitrogens with zero attached hydrogens (tertiary/aromatic N) is 3. The van der Waals surface area contributed by atoms with Gasteiger partial charge in [0, 0.05) is 34.0 Å². The van der Waals surface area contributed by atoms with Crippen LogP contribution in [0.3, 0.4) is 0 Å². The summed E-state index contributed by atoms with van der Waals surface area (Å²) in [6, 6.07) is 28.1. The second-order valence-corrected chi connectivity index (χ2v) is 11.5. The first-order valence-corrected chi connectivity index (χ1v) is 14.7. The smallest absolute Gasteiger partial charge is 0.147 e. The number of aromatic nitrogens is 3. The van der Waals surface area contributed by atoms with E-state index < -0.39 is 0 Å². The Labute approximate surface area is 242 Å². The molecule has 0 N–H and O–H groups in total. The van der Waals surface area contributed by atoms with Crippen LogP contribution in [0.25, 0.3) is 55.1 Å². The molecule has 42 heavy (non-hydrogen) atoms. The van der Waals surface area contributed by atoms with Gasteiger partial charge in [-0.15, -0.1) is 0 Å². The summed E-state index contributed by atoms with van der Waals surface area (Å²) in [6.45, 7) is 0. The van der Waals surface area contributed by atoms with Crippen molar-refractivity contribution < 1.29 is 0 Å². The van der Waals surface area contributed by atoms with Crippen molar-refractivity contribution in [3.8, 4) is 5.69 Å². The molecule has 0 fully saturated rings. The van der Waals surface area contributed by atoms with Crippen LogP contribution in [0.5, 0.6) is 0 Å². The molecule has 4 aliphatic rings. The predicted molar refractivity (Wildman–Crippen MR) is 174 cm³/mol. The van der Waals surface area contributed by atoms with Crippen molar-refractivity contribution in [2.45, 2.75) is 6.42 Å². The summed E-state index contributed by atoms with van der Waals surface area (Å²) in [5, 5.41) is 4.82. The molecular weight excluding hydrogens is 510 g/mol. The average Bonchev–Trinajstić information content (AvgIpc) is 3.57. The Hall–Kier alpha value is -5.41. The first kappa shape index (κ1) is 22.3. The van der Waals surface area contributed by atoms with Gasteiger partial charge in [0.1, 0.15) is 5.65 Å². The summed E-state index contributed by atoms with van der Waals surface area (Å²) in [5.74, 6) is 0.258. The van der Waals surface area contributed by atoms with Crippen molar-refractivity contribution in [3.63, 3.8) is 0 Å². The van der Waals surface area contributed by atoms with Gasteiger partial charge in [-0.3, -0.25) is 4.57 Å². The monoisotopic (exact) mass is 535 g/mol. The maximum Gasteiger partial charge on any atom is 0.147 e. The highest BCUT2D eigenvalue weighted by Crippen LogP contribution is 2.51. The highest BCUT2D eigenvalue weighted by Gasteiger charge is 2.36. The van der Waals surface area contributed by atoms with Gasteiger partial charge in [0.05, 0.1) is 27.6 Å². The van der Waals surface area contributed by atoms with E-state index >= 15 is 0 Å². The topological polar surface area (TPSA) is 22.8 Å². The van der Waals surface area contributed by atoms with Crippen molar-refractivity contribution >= 4 is 49.4 Å². The fraction of sp³-hybridized carbons (Fsp3) is 0.0513. The van der Waals surface area contributed by atoms with Crippen LogP contribution in [0.1, 0.15) is 6.42 Å². The third-order valence-corrected chi connectivity index (χ3v) is 9.45. The number of pyridine rings is 1. The van der Waals surface area contributed by atoms with Gasteiger partial charge in [-0.1, -0.05) is 97.1 Å². The van der Waals surface area contributed by atoms with Crippen LogP contribution in [0, 0.1) is 5.92 Å². The molecular formula is C39H25N3. The molecule has 3 heterocycles. The van der Waals surface area contributed by atoms with Gasteiger partial charge in [0.15, 0.2) is 0 Å². The van der Waals surface area contributed by atoms with Crippen LogP contribution in [0.15, 0.2) is 162 Å². The van der Waals surface area contributed by atoms with Crippen LogP contribution in [-0.2, 0) is 0 Å². The molecule has 4 aliphatic carbocycles. The number of hydrogen-bond acceptors (Lipinski definition) is 1. The van der Waals surface area contributed by atoms with Crippen LogP contribution in [0.2, 0.25) is 0 Å². The molecule has 0 saturated carbocycles. The molecule has 0 bridgehead atoms. The van der Waals surface area contributed by atoms with Crippen LogP contribution in [0.4, 0.5) is 0 Å². The molecule has 0 aliphatic heterocycles. The molecule has 3 aromatic carbocycles. The fourth-order valence-electron chi connectivity index (χ4n) is 7.72. The highest BCUT2D eigenvalue weighted by atomic mass is 15.1. The van der Waals surface area contributed by atoms with Crippen molar-refractivity contribution in [1.29, 1.82) is 0 Å². The summed E-state index contributed by atoms with van der Waals surface area (Å²) < 4.78 is 4.83. The average molecular weight is 536 g/mol. The number of benzene rings is 3. The molecule has 3 aromatic heterocycles. The van der Waals surface area contributed by atoms with Gasteiger partial charge in [-0.2, -0.15) is 0 Å². The largest absolute Gasteiger partial charge is 0.308 e. The maximum atomic E-state index is 5.17. The van der Waals surface area contributed by atoms with E-state index in [1.54, 1.807) is 0 Å². The molecule has 6 aromatic rings. The molecule has 196 valence electrons. The first-order valence-electron chi connectivity index (χ1n) is 14.7. The summed E-state index contributed by atoms with van der Waals surface area (Å²) >= 11 is 0. The Kier molecular flexibility index (Phi) is 4.29. The fourth-order valence-corrected chi connectivity index (χ4v) is 7.72. The lowest BCUT2D eigenvalue weighted by atomic mass is 9.68. The minimum atomic E-state index is 0.258. The van der Waals surface area contributed by atoms with Gasteiger partial charge in [0.2, 0.25) is 0 Å². The molecule has 3 heteroatoms. The lowest BCUT2D eigenvalue weighted by Gasteiger charge is -2.37. The van der Waals surface area contributed by atoms with Crippen LogP contribution >= 0.6 is 0 Å². The molecule has 10 rings (SSSR count). The van der Waals surface area contributed by atoms with Crippen molar-refractivity contribution in [3.05, 3.63) is 162 Å². The van der Waals surface area contributed by atoms with Crippen LogP contribution in [-0.4, -0.2) is 14.1 Å². The van der Waals surface area contributed by atoms with E-state index in [0.29, 0.717) is 0 Å². The Morgan fingerprint density at radius 3 is 2.33 bits per heavy atom. The zero-order valence-corrected chi connectivity index (χ0v) is 22.8. The van der Waals surface area contributed by atoms with Gasteiger partial charge in [-0.05, 0) is 64.6 Å². The maximum absolute atomic E-state index is 5.17. The number of allylic oxidation sites excluding steroid dienone is 14. The zero-order valence-electron chi connectivity index (χ0n) is 22.8. The van der Waals surface area contributed by atoms with Gasteiger partial charge < -0.3 is 4.57 Å². The quantitative estimate of drug-likeness (QED) is 0.217. The van der Waals surface area contributed by atoms with E-state index in [4.69, 9.17) is 4.98 Å². The van der Waals surface area contributed by atoms with E-state index in [9.17, 15) is 0 Å². The summed E-state index contributed by atoms with van der Waals surface area (Å²) in [4.78, 5) is 5.17. The van der Waals surface area contributed by atoms with E-state index in [-0.39, 0.29) is 5.92 Å². The minimum absolute atomic E-state index is 0.258. The second kappa shape index (κ2) is 8.08. The highest BCUT2D eigenvalue weighted by molar-refractivity contribution is 6.25. The molecule has 1 atom stereocenters. The minimum Gasteiger partial charge on any atom is -0.308 e. The van der Waals surface area contributed by atoms with Gasteiger partial charge in [-0.25, -0.2) is 4.98 Å². The van der Waals surface area contributed by atoms with E-state index in [0.717, 1.165) is 17.8 Å². The lowest BCUT2D eigenvalue weighted by Crippen LogP contribution is -2.23. The number of fused-ring (bicyclic) bond motifs is 7. The number of hydrogen-bond donors (Lipinski definition) is 0. The SMILES string of the molecule is C1=CC2=C3C(=CC=C4C(n5c6ccccc6c6cnc7c(c8ccccc8n7-c7ccccc7)c65)=CC=C(C=C2)C43)C1. The van der Waals surface area contributed by atoms with Gasteiger partial charge in [0.25, 0.3) is 0 Å². The Balaban J connectivity index is 1.36. The van der Waals surface area contributed by atoms with E-state index in [1.807, 2.05) is 0 Å². The van der Waals surface area contributed by atoms with Crippen molar-refractivity contribution in [2.75, 3.05) is 0 Å². The molecule has 3 nitrogen and oxygen atoms in total. The molecule has 0 amide bonds. The standard InChI is InChI=1S/C39H25N3/c1-2-11-27(12-3-1)41-33-16-7-5-14-29(33)37-38-31(23-40-39(37)41)28-13-4-6-15-32(28)42(38)34-22-20-26-18-17-24-9-8-10-25-19-21-30(34)36(26)35(24)25/h1-9,11-23,36H,10H2. The Morgan fingerprint density at radius 2 is 1.45 bits per heavy atom. The molecule has 0 radical (unpaired) electrons. The lowest BCUT2D eigenvalue weighted by molar-refractivity contribution is 0.826. The summed E-state index contributed by atoms with van der Waals surface area (Å²) in [5.41, 5.74) is 13.9. The third-order valence-electron chi connectivity index (χ3n) is 9.45. The zero-order chi connectivity index (χ0) is 27.4. The number of rotatable bonds is 2. The molecule has 0 spiro atoms. The Bertz CT molecular complexity index is 2410. The second-order valence-electron chi connectivity index (χ2n) is 11.5. The van der Waals surface area contributed by atoms with Crippen molar-refractivity contribution in [2.24, 2.45) is 5.92 Å². The first-order chi connectivity index (χ1) is 20.9.